The zero-order valence-electron chi connectivity index (χ0n) is 10.1. The topological polar surface area (TPSA) is 34.0 Å². The molecular weight excluding hydrogens is 244 g/mol. The summed E-state index contributed by atoms with van der Waals surface area (Å²) in [6, 6.07) is 8.61. The van der Waals surface area contributed by atoms with Crippen LogP contribution in [0, 0.1) is 0 Å². The number of thiophene rings is 1. The van der Waals surface area contributed by atoms with Crippen molar-refractivity contribution in [2.24, 2.45) is 0 Å². The highest BCUT2D eigenvalue weighted by Crippen LogP contribution is 2.29. The Labute approximate surface area is 109 Å². The van der Waals surface area contributed by atoms with E-state index >= 15 is 0 Å². The summed E-state index contributed by atoms with van der Waals surface area (Å²) in [6.45, 7) is 3.02. The van der Waals surface area contributed by atoms with Crippen molar-refractivity contribution < 1.29 is 4.79 Å². The zero-order chi connectivity index (χ0) is 12.5. The molecular formula is C14H14N2OS. The molecule has 0 saturated heterocycles. The van der Waals surface area contributed by atoms with E-state index in [1.54, 1.807) is 18.3 Å². The van der Waals surface area contributed by atoms with Gasteiger partial charge in [0.2, 0.25) is 5.91 Å². The highest BCUT2D eigenvalue weighted by molar-refractivity contribution is 7.17. The van der Waals surface area contributed by atoms with E-state index in [2.05, 4.69) is 45.7 Å². The second kappa shape index (κ2) is 4.46. The summed E-state index contributed by atoms with van der Waals surface area (Å²) in [4.78, 5) is 10.9. The first kappa shape index (κ1) is 11.3. The number of carbonyl (C=O) groups is 1. The molecule has 3 nitrogen and oxygen atoms in total. The summed E-state index contributed by atoms with van der Waals surface area (Å²) < 4.78 is 3.52. The number of aromatic nitrogens is 1. The summed E-state index contributed by atoms with van der Waals surface area (Å²) in [6.07, 6.45) is 2.09. The van der Waals surface area contributed by atoms with Crippen molar-refractivity contribution in [1.82, 2.24) is 9.88 Å². The molecule has 1 N–H and O–H groups in total. The summed E-state index contributed by atoms with van der Waals surface area (Å²) in [5.74, 6) is 0.0205. The van der Waals surface area contributed by atoms with Gasteiger partial charge < -0.3 is 9.88 Å². The predicted molar refractivity (Wildman–Crippen MR) is 76.0 cm³/mol. The van der Waals surface area contributed by atoms with Crippen LogP contribution in [0.5, 0.6) is 0 Å². The highest BCUT2D eigenvalue weighted by atomic mass is 32.1. The van der Waals surface area contributed by atoms with E-state index in [0.29, 0.717) is 6.54 Å². The first-order chi connectivity index (χ1) is 8.75. The van der Waals surface area contributed by atoms with E-state index in [9.17, 15) is 4.79 Å². The highest BCUT2D eigenvalue weighted by Gasteiger charge is 2.06. The minimum atomic E-state index is 0.0205. The van der Waals surface area contributed by atoms with Crippen LogP contribution in [0.25, 0.3) is 21.0 Å². The van der Waals surface area contributed by atoms with Crippen molar-refractivity contribution in [2.75, 3.05) is 6.54 Å². The Balaban J connectivity index is 2.01. The van der Waals surface area contributed by atoms with Crippen molar-refractivity contribution in [3.63, 3.8) is 0 Å². The average Bonchev–Trinajstić information content (AvgIpc) is 2.93. The van der Waals surface area contributed by atoms with Crippen LogP contribution in [-0.4, -0.2) is 17.0 Å². The Hall–Kier alpha value is -1.81. The van der Waals surface area contributed by atoms with Crippen molar-refractivity contribution in [1.29, 1.82) is 0 Å². The minimum absolute atomic E-state index is 0.0205. The predicted octanol–water partition coefficient (Wildman–Crippen LogP) is 2.99. The number of amides is 1. The number of fused-ring (bicyclic) bond motifs is 3. The monoisotopic (exact) mass is 258 g/mol. The van der Waals surface area contributed by atoms with Crippen molar-refractivity contribution in [3.05, 3.63) is 35.8 Å². The number of carbonyl (C=O) groups excluding carboxylic acids is 1. The molecule has 4 heteroatoms. The van der Waals surface area contributed by atoms with Crippen LogP contribution in [0.4, 0.5) is 0 Å². The van der Waals surface area contributed by atoms with E-state index in [0.717, 1.165) is 6.54 Å². The van der Waals surface area contributed by atoms with Gasteiger partial charge >= 0.3 is 0 Å². The lowest BCUT2D eigenvalue weighted by Crippen LogP contribution is -2.24. The van der Waals surface area contributed by atoms with Gasteiger partial charge in [0.1, 0.15) is 0 Å². The van der Waals surface area contributed by atoms with Crippen LogP contribution in [0.2, 0.25) is 0 Å². The number of nitrogens with zero attached hydrogens (tertiary/aromatic N) is 1. The van der Waals surface area contributed by atoms with E-state index in [4.69, 9.17) is 0 Å². The van der Waals surface area contributed by atoms with Gasteiger partial charge in [0.05, 0.1) is 5.52 Å². The molecule has 3 aromatic rings. The molecule has 18 heavy (non-hydrogen) atoms. The molecule has 0 aliphatic heterocycles. The number of rotatable bonds is 3. The third-order valence-electron chi connectivity index (χ3n) is 3.09. The molecule has 0 unspecified atom stereocenters. The van der Waals surface area contributed by atoms with Gasteiger partial charge in [0, 0.05) is 41.7 Å². The Kier molecular flexibility index (Phi) is 2.80. The minimum Gasteiger partial charge on any atom is -0.355 e. The van der Waals surface area contributed by atoms with Gasteiger partial charge in [-0.05, 0) is 23.6 Å². The molecule has 0 bridgehead atoms. The van der Waals surface area contributed by atoms with Crippen molar-refractivity contribution in [3.8, 4) is 0 Å². The SMILES string of the molecule is CC(=O)NCCn1ccc2ccc3sccc3c21. The average molecular weight is 258 g/mol. The maximum atomic E-state index is 10.9. The van der Waals surface area contributed by atoms with E-state index < -0.39 is 0 Å². The molecule has 3 rings (SSSR count). The molecule has 1 amide bonds. The Bertz CT molecular complexity index is 711. The molecule has 0 aliphatic rings. The van der Waals surface area contributed by atoms with Crippen LogP contribution in [-0.2, 0) is 11.3 Å². The van der Waals surface area contributed by atoms with Crippen molar-refractivity contribution >= 4 is 38.2 Å². The largest absolute Gasteiger partial charge is 0.355 e. The third-order valence-corrected chi connectivity index (χ3v) is 3.97. The standard InChI is InChI=1S/C14H14N2OS/c1-10(17)15-6-8-16-7-4-11-2-3-13-12(14(11)16)5-9-18-13/h2-5,7,9H,6,8H2,1H3,(H,15,17). The molecule has 0 radical (unpaired) electrons. The van der Waals surface area contributed by atoms with Crippen LogP contribution < -0.4 is 5.32 Å². The van der Waals surface area contributed by atoms with E-state index in [-0.39, 0.29) is 5.91 Å². The normalized spacial score (nSPS) is 11.2. The summed E-state index contributed by atoms with van der Waals surface area (Å²) >= 11 is 1.76. The summed E-state index contributed by atoms with van der Waals surface area (Å²) in [5.41, 5.74) is 1.26. The molecule has 0 saturated carbocycles. The summed E-state index contributed by atoms with van der Waals surface area (Å²) in [5, 5.41) is 7.50. The third kappa shape index (κ3) is 1.88. The number of hydrogen-bond acceptors (Lipinski definition) is 2. The first-order valence-electron chi connectivity index (χ1n) is 5.95. The molecule has 0 aliphatic carbocycles. The van der Waals surface area contributed by atoms with E-state index in [1.165, 1.54) is 21.0 Å². The fraction of sp³-hybridized carbons (Fsp3) is 0.214. The second-order valence-corrected chi connectivity index (χ2v) is 5.28. The Morgan fingerprint density at radius 2 is 2.22 bits per heavy atom. The van der Waals surface area contributed by atoms with Gasteiger partial charge in [-0.25, -0.2) is 0 Å². The molecule has 1 aromatic carbocycles. The zero-order valence-corrected chi connectivity index (χ0v) is 11.0. The van der Waals surface area contributed by atoms with Gasteiger partial charge in [-0.15, -0.1) is 11.3 Å². The van der Waals surface area contributed by atoms with Crippen LogP contribution >= 0.6 is 11.3 Å². The molecule has 92 valence electrons. The fourth-order valence-electron chi connectivity index (χ4n) is 2.28. The lowest BCUT2D eigenvalue weighted by Gasteiger charge is -2.07. The quantitative estimate of drug-likeness (QED) is 0.770. The number of benzene rings is 1. The smallest absolute Gasteiger partial charge is 0.216 e. The maximum absolute atomic E-state index is 10.9. The van der Waals surface area contributed by atoms with Crippen LogP contribution in [0.3, 0.4) is 0 Å². The number of hydrogen-bond donors (Lipinski definition) is 1. The van der Waals surface area contributed by atoms with Gasteiger partial charge in [-0.1, -0.05) is 6.07 Å². The molecule has 0 atom stereocenters. The molecule has 2 heterocycles. The number of nitrogens with one attached hydrogen (secondary N) is 1. The molecule has 0 fully saturated rings. The first-order valence-corrected chi connectivity index (χ1v) is 6.83. The Morgan fingerprint density at radius 1 is 1.33 bits per heavy atom. The van der Waals surface area contributed by atoms with Gasteiger partial charge in [-0.3, -0.25) is 4.79 Å². The molecule has 0 spiro atoms. The van der Waals surface area contributed by atoms with Gasteiger partial charge in [0.25, 0.3) is 0 Å². The van der Waals surface area contributed by atoms with Crippen LogP contribution in [0.1, 0.15) is 6.92 Å². The van der Waals surface area contributed by atoms with Crippen LogP contribution in [0.15, 0.2) is 35.8 Å². The van der Waals surface area contributed by atoms with Gasteiger partial charge in [-0.2, -0.15) is 0 Å². The molecule has 2 aromatic heterocycles. The maximum Gasteiger partial charge on any atom is 0.216 e. The summed E-state index contributed by atoms with van der Waals surface area (Å²) in [7, 11) is 0. The lowest BCUT2D eigenvalue weighted by atomic mass is 10.2. The van der Waals surface area contributed by atoms with Gasteiger partial charge in [0.15, 0.2) is 0 Å². The van der Waals surface area contributed by atoms with E-state index in [1.807, 2.05) is 0 Å². The van der Waals surface area contributed by atoms with Crippen molar-refractivity contribution in [2.45, 2.75) is 13.5 Å². The Morgan fingerprint density at radius 3 is 3.06 bits per heavy atom. The second-order valence-electron chi connectivity index (χ2n) is 4.33. The lowest BCUT2D eigenvalue weighted by molar-refractivity contribution is -0.118. The fourth-order valence-corrected chi connectivity index (χ4v) is 3.07.